The number of benzene rings is 3. The third kappa shape index (κ3) is 4.89. The van der Waals surface area contributed by atoms with Gasteiger partial charge in [-0.3, -0.25) is 9.52 Å². The molecule has 1 N–H and O–H groups in total. The Morgan fingerprint density at radius 2 is 1.57 bits per heavy atom. The standard InChI is InChI=1S/C24H26N2O3S/c1-17-9-10-21(19(3)15-17)16-26(4)24(27)20-11-13-22(14-12-20)30(28,29)25-23-8-6-5-7-18(23)2/h5-15,25H,16H2,1-4H3. The molecule has 0 aliphatic rings. The van der Waals surface area contributed by atoms with E-state index in [4.69, 9.17) is 0 Å². The van der Waals surface area contributed by atoms with E-state index in [0.29, 0.717) is 17.8 Å². The van der Waals surface area contributed by atoms with Crippen LogP contribution in [-0.2, 0) is 16.6 Å². The lowest BCUT2D eigenvalue weighted by atomic mass is 10.1. The molecule has 0 unspecified atom stereocenters. The molecule has 0 spiro atoms. The topological polar surface area (TPSA) is 66.5 Å². The fourth-order valence-corrected chi connectivity index (χ4v) is 4.37. The fourth-order valence-electron chi connectivity index (χ4n) is 3.24. The second kappa shape index (κ2) is 8.71. The van der Waals surface area contributed by atoms with Gasteiger partial charge in [-0.05, 0) is 67.8 Å². The maximum atomic E-state index is 12.8. The molecule has 0 bridgehead atoms. The molecule has 30 heavy (non-hydrogen) atoms. The van der Waals surface area contributed by atoms with Crippen molar-refractivity contribution in [2.75, 3.05) is 11.8 Å². The van der Waals surface area contributed by atoms with Crippen molar-refractivity contribution in [2.45, 2.75) is 32.2 Å². The smallest absolute Gasteiger partial charge is 0.261 e. The van der Waals surface area contributed by atoms with Gasteiger partial charge in [-0.2, -0.15) is 0 Å². The molecule has 5 nitrogen and oxygen atoms in total. The van der Waals surface area contributed by atoms with Gasteiger partial charge < -0.3 is 4.90 Å². The number of hydrogen-bond acceptors (Lipinski definition) is 3. The molecule has 0 aliphatic heterocycles. The Balaban J connectivity index is 1.74. The molecule has 0 aliphatic carbocycles. The van der Waals surface area contributed by atoms with Crippen LogP contribution in [0.25, 0.3) is 0 Å². The SMILES string of the molecule is Cc1ccc(CN(C)C(=O)c2ccc(S(=O)(=O)Nc3ccccc3C)cc2)c(C)c1. The number of carbonyl (C=O) groups is 1. The van der Waals surface area contributed by atoms with Crippen molar-refractivity contribution in [3.8, 4) is 0 Å². The molecule has 0 heterocycles. The van der Waals surface area contributed by atoms with Crippen LogP contribution < -0.4 is 4.72 Å². The van der Waals surface area contributed by atoms with Crippen LogP contribution in [-0.4, -0.2) is 26.3 Å². The molecule has 0 atom stereocenters. The summed E-state index contributed by atoms with van der Waals surface area (Å²) in [6, 6.07) is 19.3. The summed E-state index contributed by atoms with van der Waals surface area (Å²) in [7, 11) is -1.99. The van der Waals surface area contributed by atoms with Crippen LogP contribution in [0.5, 0.6) is 0 Å². The number of para-hydroxylation sites is 1. The minimum absolute atomic E-state index is 0.110. The summed E-state index contributed by atoms with van der Waals surface area (Å²) in [6.07, 6.45) is 0. The summed E-state index contributed by atoms with van der Waals surface area (Å²) < 4.78 is 27.9. The highest BCUT2D eigenvalue weighted by Crippen LogP contribution is 2.20. The van der Waals surface area contributed by atoms with Gasteiger partial charge in [0.15, 0.2) is 0 Å². The van der Waals surface area contributed by atoms with Crippen LogP contribution in [0.3, 0.4) is 0 Å². The van der Waals surface area contributed by atoms with Gasteiger partial charge in [0.05, 0.1) is 10.6 Å². The second-order valence-electron chi connectivity index (χ2n) is 7.54. The Hall–Kier alpha value is -3.12. The molecule has 6 heteroatoms. The van der Waals surface area contributed by atoms with Crippen molar-refractivity contribution in [3.05, 3.63) is 94.5 Å². The molecule has 3 aromatic rings. The zero-order valence-electron chi connectivity index (χ0n) is 17.6. The zero-order valence-corrected chi connectivity index (χ0v) is 18.5. The Morgan fingerprint density at radius 1 is 0.900 bits per heavy atom. The van der Waals surface area contributed by atoms with Gasteiger partial charge in [-0.15, -0.1) is 0 Å². The van der Waals surface area contributed by atoms with E-state index in [2.05, 4.69) is 10.8 Å². The number of nitrogens with one attached hydrogen (secondary N) is 1. The van der Waals surface area contributed by atoms with E-state index in [9.17, 15) is 13.2 Å². The minimum atomic E-state index is -3.73. The maximum Gasteiger partial charge on any atom is 0.261 e. The lowest BCUT2D eigenvalue weighted by Gasteiger charge is -2.19. The van der Waals surface area contributed by atoms with Crippen molar-refractivity contribution in [2.24, 2.45) is 0 Å². The highest BCUT2D eigenvalue weighted by atomic mass is 32.2. The number of rotatable bonds is 6. The van der Waals surface area contributed by atoms with Crippen molar-refractivity contribution in [1.29, 1.82) is 0 Å². The van der Waals surface area contributed by atoms with Gasteiger partial charge in [-0.25, -0.2) is 8.42 Å². The summed E-state index contributed by atoms with van der Waals surface area (Å²) in [5, 5.41) is 0. The average Bonchev–Trinajstić information content (AvgIpc) is 2.71. The number of anilines is 1. The number of nitrogens with zero attached hydrogens (tertiary/aromatic N) is 1. The molecule has 0 radical (unpaired) electrons. The van der Waals surface area contributed by atoms with Gasteiger partial charge in [0.2, 0.25) is 0 Å². The molecule has 3 rings (SSSR count). The Labute approximate surface area is 178 Å². The van der Waals surface area contributed by atoms with E-state index < -0.39 is 10.0 Å². The molecule has 1 amide bonds. The normalized spacial score (nSPS) is 11.2. The first-order valence-electron chi connectivity index (χ1n) is 9.67. The first-order valence-corrected chi connectivity index (χ1v) is 11.2. The first kappa shape index (κ1) is 21.6. The molecular weight excluding hydrogens is 396 g/mol. The van der Waals surface area contributed by atoms with E-state index >= 15 is 0 Å². The van der Waals surface area contributed by atoms with Crippen LogP contribution in [0.1, 0.15) is 32.6 Å². The summed E-state index contributed by atoms with van der Waals surface area (Å²) in [6.45, 7) is 6.39. The number of carbonyl (C=O) groups excluding carboxylic acids is 1. The van der Waals surface area contributed by atoms with Gasteiger partial charge in [0.25, 0.3) is 15.9 Å². The molecule has 3 aromatic carbocycles. The minimum Gasteiger partial charge on any atom is -0.337 e. The number of amides is 1. The highest BCUT2D eigenvalue weighted by molar-refractivity contribution is 7.92. The molecule has 0 fully saturated rings. The summed E-state index contributed by atoms with van der Waals surface area (Å²) in [5.74, 6) is -0.161. The third-order valence-electron chi connectivity index (χ3n) is 5.05. The molecule has 0 saturated heterocycles. The van der Waals surface area contributed by atoms with Gasteiger partial charge in [0, 0.05) is 19.2 Å². The van der Waals surface area contributed by atoms with E-state index in [0.717, 1.165) is 16.7 Å². The van der Waals surface area contributed by atoms with Crippen molar-refractivity contribution < 1.29 is 13.2 Å². The second-order valence-corrected chi connectivity index (χ2v) is 9.22. The van der Waals surface area contributed by atoms with Crippen LogP contribution in [0.15, 0.2) is 71.6 Å². The van der Waals surface area contributed by atoms with Crippen LogP contribution in [0.4, 0.5) is 5.69 Å². The van der Waals surface area contributed by atoms with Crippen molar-refractivity contribution in [1.82, 2.24) is 4.90 Å². The molecule has 156 valence electrons. The van der Waals surface area contributed by atoms with E-state index in [1.165, 1.54) is 17.7 Å². The van der Waals surface area contributed by atoms with E-state index in [1.54, 1.807) is 36.2 Å². The lowest BCUT2D eigenvalue weighted by molar-refractivity contribution is 0.0785. The van der Waals surface area contributed by atoms with Gasteiger partial charge in [0.1, 0.15) is 0 Å². The number of sulfonamides is 1. The fraction of sp³-hybridized carbons (Fsp3) is 0.208. The van der Waals surface area contributed by atoms with Crippen LogP contribution in [0.2, 0.25) is 0 Å². The highest BCUT2D eigenvalue weighted by Gasteiger charge is 2.18. The van der Waals surface area contributed by atoms with Gasteiger partial charge >= 0.3 is 0 Å². The summed E-state index contributed by atoms with van der Waals surface area (Å²) in [4.78, 5) is 14.5. The summed E-state index contributed by atoms with van der Waals surface area (Å²) in [5.41, 5.74) is 5.21. The quantitative estimate of drug-likeness (QED) is 0.627. The van der Waals surface area contributed by atoms with Crippen molar-refractivity contribution >= 4 is 21.6 Å². The zero-order chi connectivity index (χ0) is 21.9. The number of hydrogen-bond donors (Lipinski definition) is 1. The average molecular weight is 423 g/mol. The Kier molecular flexibility index (Phi) is 6.27. The van der Waals surface area contributed by atoms with Crippen LogP contribution in [0, 0.1) is 20.8 Å². The third-order valence-corrected chi connectivity index (χ3v) is 6.43. The predicted molar refractivity (Wildman–Crippen MR) is 120 cm³/mol. The molecule has 0 saturated carbocycles. The largest absolute Gasteiger partial charge is 0.337 e. The first-order chi connectivity index (χ1) is 14.2. The summed E-state index contributed by atoms with van der Waals surface area (Å²) >= 11 is 0. The molecular formula is C24H26N2O3S. The number of aryl methyl sites for hydroxylation is 3. The van der Waals surface area contributed by atoms with E-state index in [-0.39, 0.29) is 10.8 Å². The van der Waals surface area contributed by atoms with Crippen LogP contribution >= 0.6 is 0 Å². The van der Waals surface area contributed by atoms with Crippen molar-refractivity contribution in [3.63, 3.8) is 0 Å². The molecule has 0 aromatic heterocycles. The Bertz CT molecular complexity index is 1170. The maximum absolute atomic E-state index is 12.8. The lowest BCUT2D eigenvalue weighted by Crippen LogP contribution is -2.26. The van der Waals surface area contributed by atoms with Gasteiger partial charge in [-0.1, -0.05) is 42.0 Å². The Morgan fingerprint density at radius 3 is 2.20 bits per heavy atom. The predicted octanol–water partition coefficient (Wildman–Crippen LogP) is 4.68. The van der Waals surface area contributed by atoms with E-state index in [1.807, 2.05) is 45.0 Å². The monoisotopic (exact) mass is 422 g/mol.